The van der Waals surface area contributed by atoms with Crippen molar-refractivity contribution in [3.63, 3.8) is 0 Å². The molecule has 1 unspecified atom stereocenters. The van der Waals surface area contributed by atoms with Crippen LogP contribution >= 0.6 is 11.8 Å². The molecule has 0 radical (unpaired) electrons. The van der Waals surface area contributed by atoms with Crippen molar-refractivity contribution in [3.05, 3.63) is 90.5 Å². The maximum atomic E-state index is 4.51. The molecule has 0 aliphatic heterocycles. The second kappa shape index (κ2) is 6.73. The van der Waals surface area contributed by atoms with Crippen molar-refractivity contribution in [2.75, 3.05) is 0 Å². The summed E-state index contributed by atoms with van der Waals surface area (Å²) >= 11 is 1.82. The lowest BCUT2D eigenvalue weighted by atomic mass is 10.1. The van der Waals surface area contributed by atoms with Crippen LogP contribution in [0.3, 0.4) is 0 Å². The van der Waals surface area contributed by atoms with Gasteiger partial charge in [0.1, 0.15) is 10.4 Å². The molecule has 0 spiro atoms. The van der Waals surface area contributed by atoms with Gasteiger partial charge in [-0.05, 0) is 36.8 Å². The number of para-hydroxylation sites is 1. The van der Waals surface area contributed by atoms with E-state index in [1.54, 1.807) is 0 Å². The van der Waals surface area contributed by atoms with Crippen LogP contribution in [0.4, 0.5) is 0 Å². The molecule has 1 aromatic heterocycles. The summed E-state index contributed by atoms with van der Waals surface area (Å²) in [5, 5.41) is 8.87. The first kappa shape index (κ1) is 15.9. The fourth-order valence-electron chi connectivity index (χ4n) is 3.09. The summed E-state index contributed by atoms with van der Waals surface area (Å²) in [5.41, 5.74) is 3.27. The summed E-state index contributed by atoms with van der Waals surface area (Å²) in [6.45, 7) is 2.23. The van der Waals surface area contributed by atoms with Gasteiger partial charge in [0.2, 0.25) is 0 Å². The van der Waals surface area contributed by atoms with Crippen LogP contribution in [-0.2, 0) is 11.3 Å². The number of fused-ring (bicyclic) bond motifs is 1. The van der Waals surface area contributed by atoms with Crippen molar-refractivity contribution >= 4 is 22.8 Å². The number of nitrogens with zero attached hydrogens (tertiary/aromatic N) is 3. The highest BCUT2D eigenvalue weighted by Gasteiger charge is 2.31. The molecule has 4 aromatic rings. The highest BCUT2D eigenvalue weighted by Crippen LogP contribution is 2.40. The predicted molar refractivity (Wildman–Crippen MR) is 104 cm³/mol. The lowest BCUT2D eigenvalue weighted by molar-refractivity contribution is 0.436. The Kier molecular flexibility index (Phi) is 4.28. The molecule has 4 heteroatoms. The van der Waals surface area contributed by atoms with Crippen LogP contribution in [-0.4, -0.2) is 15.0 Å². The fourth-order valence-corrected chi connectivity index (χ4v) is 4.35. The van der Waals surface area contributed by atoms with E-state index in [-0.39, 0.29) is 4.87 Å². The summed E-state index contributed by atoms with van der Waals surface area (Å²) in [6, 6.07) is 29.2. The number of thioether (sulfide) groups is 1. The van der Waals surface area contributed by atoms with Crippen LogP contribution < -0.4 is 0 Å². The molecule has 3 aromatic carbocycles. The molecule has 0 bridgehead atoms. The minimum atomic E-state index is -0.279. The third-order valence-electron chi connectivity index (χ3n) is 4.26. The van der Waals surface area contributed by atoms with Crippen LogP contribution in [0, 0.1) is 0 Å². The van der Waals surface area contributed by atoms with E-state index in [1.807, 2.05) is 36.0 Å². The van der Waals surface area contributed by atoms with E-state index in [1.165, 1.54) is 10.5 Å². The zero-order valence-corrected chi connectivity index (χ0v) is 14.9. The van der Waals surface area contributed by atoms with Crippen LogP contribution in [0.2, 0.25) is 0 Å². The van der Waals surface area contributed by atoms with Gasteiger partial charge in [0.25, 0.3) is 0 Å². The second-order valence-corrected chi connectivity index (χ2v) is 7.80. The molecule has 4 rings (SSSR count). The Labute approximate surface area is 151 Å². The van der Waals surface area contributed by atoms with Crippen LogP contribution in [0.1, 0.15) is 12.5 Å². The van der Waals surface area contributed by atoms with E-state index >= 15 is 0 Å². The van der Waals surface area contributed by atoms with E-state index in [2.05, 4.69) is 82.6 Å². The lowest BCUT2D eigenvalue weighted by Gasteiger charge is -2.30. The Morgan fingerprint density at radius 2 is 1.48 bits per heavy atom. The van der Waals surface area contributed by atoms with E-state index in [0.29, 0.717) is 0 Å². The van der Waals surface area contributed by atoms with E-state index in [0.717, 1.165) is 17.5 Å². The quantitative estimate of drug-likeness (QED) is 0.469. The van der Waals surface area contributed by atoms with Crippen molar-refractivity contribution in [2.24, 2.45) is 0 Å². The molecular formula is C21H19N3S. The Balaban J connectivity index is 1.80. The van der Waals surface area contributed by atoms with Crippen LogP contribution in [0.5, 0.6) is 0 Å². The average Bonchev–Trinajstić information content (AvgIpc) is 3.08. The van der Waals surface area contributed by atoms with E-state index < -0.39 is 0 Å². The highest BCUT2D eigenvalue weighted by atomic mass is 32.2. The molecule has 0 aliphatic rings. The van der Waals surface area contributed by atoms with Crippen LogP contribution in [0.15, 0.2) is 89.8 Å². The molecule has 0 aliphatic carbocycles. The first-order chi connectivity index (χ1) is 12.2. The van der Waals surface area contributed by atoms with Crippen molar-refractivity contribution in [1.82, 2.24) is 15.0 Å². The fraction of sp³-hybridized carbons (Fsp3) is 0.143. The van der Waals surface area contributed by atoms with Crippen molar-refractivity contribution in [2.45, 2.75) is 23.1 Å². The lowest BCUT2D eigenvalue weighted by Crippen LogP contribution is -2.30. The molecular weight excluding hydrogens is 326 g/mol. The Hall–Kier alpha value is -2.59. The molecule has 0 N–H and O–H groups in total. The summed E-state index contributed by atoms with van der Waals surface area (Å²) in [5.74, 6) is 0. The van der Waals surface area contributed by atoms with Crippen molar-refractivity contribution < 1.29 is 0 Å². The SMILES string of the molecule is CC(Cc1ccccc1)(Sc1ccccc1)n1nnc2ccccc21. The highest BCUT2D eigenvalue weighted by molar-refractivity contribution is 8.00. The van der Waals surface area contributed by atoms with E-state index in [4.69, 9.17) is 0 Å². The molecule has 124 valence electrons. The normalized spacial score (nSPS) is 13.6. The topological polar surface area (TPSA) is 30.7 Å². The smallest absolute Gasteiger partial charge is 0.116 e. The minimum absolute atomic E-state index is 0.279. The van der Waals surface area contributed by atoms with Crippen molar-refractivity contribution in [3.8, 4) is 0 Å². The molecule has 3 nitrogen and oxygen atoms in total. The third-order valence-corrected chi connectivity index (χ3v) is 5.52. The van der Waals surface area contributed by atoms with Gasteiger partial charge in [0, 0.05) is 11.3 Å². The molecule has 0 amide bonds. The Morgan fingerprint density at radius 1 is 0.840 bits per heavy atom. The largest absolute Gasteiger partial charge is 0.228 e. The van der Waals surface area contributed by atoms with Gasteiger partial charge in [-0.3, -0.25) is 0 Å². The molecule has 0 saturated carbocycles. The van der Waals surface area contributed by atoms with Gasteiger partial charge >= 0.3 is 0 Å². The zero-order chi connectivity index (χ0) is 17.1. The zero-order valence-electron chi connectivity index (χ0n) is 14.0. The standard InChI is InChI=1S/C21H19N3S/c1-21(16-17-10-4-2-5-11-17,25-18-12-6-3-7-13-18)24-20-15-9-8-14-19(20)22-23-24/h2-15H,16H2,1H3. The number of aromatic nitrogens is 3. The van der Waals surface area contributed by atoms with Gasteiger partial charge in [-0.15, -0.1) is 5.10 Å². The van der Waals surface area contributed by atoms with Gasteiger partial charge in [-0.1, -0.05) is 77.6 Å². The molecule has 25 heavy (non-hydrogen) atoms. The maximum absolute atomic E-state index is 4.51. The summed E-state index contributed by atoms with van der Waals surface area (Å²) in [7, 11) is 0. The second-order valence-electron chi connectivity index (χ2n) is 6.24. The van der Waals surface area contributed by atoms with Gasteiger partial charge in [-0.25, -0.2) is 4.68 Å². The first-order valence-corrected chi connectivity index (χ1v) is 9.15. The Morgan fingerprint density at radius 3 is 2.24 bits per heavy atom. The molecule has 0 fully saturated rings. The van der Waals surface area contributed by atoms with Crippen LogP contribution in [0.25, 0.3) is 11.0 Å². The molecule has 1 atom stereocenters. The third kappa shape index (κ3) is 3.30. The number of rotatable bonds is 5. The average molecular weight is 345 g/mol. The van der Waals surface area contributed by atoms with Gasteiger partial charge < -0.3 is 0 Å². The summed E-state index contributed by atoms with van der Waals surface area (Å²) in [6.07, 6.45) is 0.862. The Bertz CT molecular complexity index is 923. The van der Waals surface area contributed by atoms with E-state index in [9.17, 15) is 0 Å². The number of hydrogen-bond acceptors (Lipinski definition) is 3. The monoisotopic (exact) mass is 345 g/mol. The van der Waals surface area contributed by atoms with Gasteiger partial charge in [0.15, 0.2) is 0 Å². The predicted octanol–water partition coefficient (Wildman–Crippen LogP) is 5.14. The first-order valence-electron chi connectivity index (χ1n) is 8.33. The minimum Gasteiger partial charge on any atom is -0.228 e. The molecule has 0 saturated heterocycles. The van der Waals surface area contributed by atoms with Crippen molar-refractivity contribution in [1.29, 1.82) is 0 Å². The van der Waals surface area contributed by atoms with Gasteiger partial charge in [-0.2, -0.15) is 0 Å². The van der Waals surface area contributed by atoms with Gasteiger partial charge in [0.05, 0.1) is 5.52 Å². The number of hydrogen-bond donors (Lipinski definition) is 0. The number of benzene rings is 3. The molecule has 1 heterocycles. The maximum Gasteiger partial charge on any atom is 0.116 e. The summed E-state index contributed by atoms with van der Waals surface area (Å²) < 4.78 is 2.06. The summed E-state index contributed by atoms with van der Waals surface area (Å²) in [4.78, 5) is 0.944.